The van der Waals surface area contributed by atoms with E-state index in [1.165, 1.54) is 11.3 Å². The summed E-state index contributed by atoms with van der Waals surface area (Å²) in [6.45, 7) is 5.83. The number of carbonyl (C=O) groups is 2. The molecule has 2 amide bonds. The van der Waals surface area contributed by atoms with Gasteiger partial charge in [0.05, 0.1) is 5.92 Å². The molecule has 0 aliphatic rings. The highest BCUT2D eigenvalue weighted by molar-refractivity contribution is 7.18. The Hall–Kier alpha value is -3.84. The van der Waals surface area contributed by atoms with Crippen LogP contribution in [0.5, 0.6) is 0 Å². The molecule has 1 aromatic heterocycles. The van der Waals surface area contributed by atoms with Gasteiger partial charge in [0.25, 0.3) is 0 Å². The Morgan fingerprint density at radius 3 is 2.00 bits per heavy atom. The third-order valence-electron chi connectivity index (χ3n) is 5.70. The maximum atomic E-state index is 13.5. The van der Waals surface area contributed by atoms with Crippen molar-refractivity contribution in [2.75, 3.05) is 5.32 Å². The first-order valence-corrected chi connectivity index (χ1v) is 12.4. The van der Waals surface area contributed by atoms with Crippen LogP contribution in [-0.2, 0) is 9.59 Å². The molecule has 6 nitrogen and oxygen atoms in total. The third kappa shape index (κ3) is 6.00. The third-order valence-corrected chi connectivity index (χ3v) is 6.58. The van der Waals surface area contributed by atoms with Crippen LogP contribution in [0.4, 0.5) is 5.13 Å². The average Bonchev–Trinajstić information content (AvgIpc) is 3.32. The van der Waals surface area contributed by atoms with Crippen LogP contribution in [0.1, 0.15) is 36.5 Å². The topological polar surface area (TPSA) is 84.0 Å². The summed E-state index contributed by atoms with van der Waals surface area (Å²) in [6.07, 6.45) is 0. The molecule has 0 spiro atoms. The molecule has 4 rings (SSSR count). The van der Waals surface area contributed by atoms with Crippen LogP contribution in [0.2, 0.25) is 0 Å². The lowest BCUT2D eigenvalue weighted by Crippen LogP contribution is -2.48. The number of nitrogens with zero attached hydrogens (tertiary/aromatic N) is 2. The van der Waals surface area contributed by atoms with Crippen molar-refractivity contribution in [3.05, 3.63) is 102 Å². The van der Waals surface area contributed by atoms with Gasteiger partial charge in [-0.05, 0) is 30.0 Å². The minimum absolute atomic E-state index is 0.129. The maximum absolute atomic E-state index is 13.5. The Labute approximate surface area is 209 Å². The van der Waals surface area contributed by atoms with E-state index in [0.717, 1.165) is 27.3 Å². The summed E-state index contributed by atoms with van der Waals surface area (Å²) in [5, 5.41) is 15.3. The first-order valence-electron chi connectivity index (χ1n) is 11.5. The number of hydrogen-bond acceptors (Lipinski definition) is 5. The number of amides is 2. The number of anilines is 1. The van der Waals surface area contributed by atoms with E-state index >= 15 is 0 Å². The highest BCUT2D eigenvalue weighted by atomic mass is 32.1. The van der Waals surface area contributed by atoms with Crippen molar-refractivity contribution in [3.8, 4) is 10.6 Å². The lowest BCUT2D eigenvalue weighted by molar-refractivity contribution is -0.127. The lowest BCUT2D eigenvalue weighted by Gasteiger charge is -2.25. The van der Waals surface area contributed by atoms with Gasteiger partial charge in [-0.3, -0.25) is 14.9 Å². The van der Waals surface area contributed by atoms with Crippen LogP contribution in [0.25, 0.3) is 10.6 Å². The van der Waals surface area contributed by atoms with Gasteiger partial charge in [-0.15, -0.1) is 10.2 Å². The Morgan fingerprint density at radius 1 is 0.800 bits per heavy atom. The summed E-state index contributed by atoms with van der Waals surface area (Å²) in [4.78, 5) is 26.7. The van der Waals surface area contributed by atoms with Crippen molar-refractivity contribution in [2.24, 2.45) is 5.92 Å². The smallest absolute Gasteiger partial charge is 0.249 e. The van der Waals surface area contributed by atoms with Gasteiger partial charge in [0.1, 0.15) is 11.0 Å². The number of carbonyl (C=O) groups excluding carboxylic acids is 2. The molecule has 7 heteroatoms. The van der Waals surface area contributed by atoms with Crippen LogP contribution in [0.3, 0.4) is 0 Å². The Morgan fingerprint density at radius 2 is 1.43 bits per heavy atom. The van der Waals surface area contributed by atoms with Gasteiger partial charge in [-0.1, -0.05) is 110 Å². The fourth-order valence-electron chi connectivity index (χ4n) is 3.91. The molecular formula is C28H28N4O2S. The predicted molar refractivity (Wildman–Crippen MR) is 140 cm³/mol. The molecule has 0 saturated carbocycles. The largest absolute Gasteiger partial charge is 0.343 e. The number of aromatic nitrogens is 2. The van der Waals surface area contributed by atoms with Crippen molar-refractivity contribution in [3.63, 3.8) is 0 Å². The molecule has 0 radical (unpaired) electrons. The first-order chi connectivity index (χ1) is 16.9. The summed E-state index contributed by atoms with van der Waals surface area (Å²) >= 11 is 1.30. The van der Waals surface area contributed by atoms with Crippen molar-refractivity contribution in [1.29, 1.82) is 0 Å². The highest BCUT2D eigenvalue weighted by Gasteiger charge is 2.30. The molecule has 178 valence electrons. The highest BCUT2D eigenvalue weighted by Crippen LogP contribution is 2.28. The predicted octanol–water partition coefficient (Wildman–Crippen LogP) is 5.42. The van der Waals surface area contributed by atoms with Crippen LogP contribution in [-0.4, -0.2) is 28.1 Å². The maximum Gasteiger partial charge on any atom is 0.249 e. The molecule has 0 saturated heterocycles. The second kappa shape index (κ2) is 11.1. The number of hydrogen-bond donors (Lipinski definition) is 2. The summed E-state index contributed by atoms with van der Waals surface area (Å²) in [7, 11) is 0. The lowest BCUT2D eigenvalue weighted by atomic mass is 9.89. The van der Waals surface area contributed by atoms with E-state index in [9.17, 15) is 9.59 Å². The molecule has 4 aromatic rings. The number of nitrogens with one attached hydrogen (secondary N) is 2. The molecule has 1 heterocycles. The minimum Gasteiger partial charge on any atom is -0.343 e. The van der Waals surface area contributed by atoms with Gasteiger partial charge in [-0.2, -0.15) is 0 Å². The van der Waals surface area contributed by atoms with E-state index in [2.05, 4.69) is 20.8 Å². The SMILES string of the molecule is Cc1cccc(-c2nnc(NC(=O)C(NC(=O)C(c3ccccc3)c3ccccc3)C(C)C)s2)c1. The molecule has 35 heavy (non-hydrogen) atoms. The molecule has 2 N–H and O–H groups in total. The van der Waals surface area contributed by atoms with Gasteiger partial charge in [-0.25, -0.2) is 0 Å². The number of benzene rings is 3. The van der Waals surface area contributed by atoms with Crippen molar-refractivity contribution in [1.82, 2.24) is 15.5 Å². The van der Waals surface area contributed by atoms with Gasteiger partial charge >= 0.3 is 0 Å². The standard InChI is InChI=1S/C28H28N4O2S/c1-18(2)24(26(34)30-28-32-31-27(35-28)22-16-10-11-19(3)17-22)29-25(33)23(20-12-6-4-7-13-20)21-14-8-5-9-15-21/h4-18,23-24H,1-3H3,(H,29,33)(H,30,32,34). The summed E-state index contributed by atoms with van der Waals surface area (Å²) in [6, 6.07) is 26.4. The van der Waals surface area contributed by atoms with E-state index in [1.807, 2.05) is 106 Å². The van der Waals surface area contributed by atoms with Gasteiger partial charge in [0, 0.05) is 5.56 Å². The van der Waals surface area contributed by atoms with Gasteiger partial charge in [0.15, 0.2) is 0 Å². The van der Waals surface area contributed by atoms with E-state index in [1.54, 1.807) is 0 Å². The second-order valence-electron chi connectivity index (χ2n) is 8.76. The molecule has 0 bridgehead atoms. The van der Waals surface area contributed by atoms with Crippen molar-refractivity contribution in [2.45, 2.75) is 32.7 Å². The van der Waals surface area contributed by atoms with Crippen LogP contribution in [0, 0.1) is 12.8 Å². The molecule has 1 atom stereocenters. The van der Waals surface area contributed by atoms with Gasteiger partial charge < -0.3 is 5.32 Å². The van der Waals surface area contributed by atoms with Crippen LogP contribution >= 0.6 is 11.3 Å². The fraction of sp³-hybridized carbons (Fsp3) is 0.214. The van der Waals surface area contributed by atoms with Crippen LogP contribution < -0.4 is 10.6 Å². The quantitative estimate of drug-likeness (QED) is 0.350. The Bertz CT molecular complexity index is 1250. The zero-order valence-electron chi connectivity index (χ0n) is 19.9. The average molecular weight is 485 g/mol. The van der Waals surface area contributed by atoms with Crippen LogP contribution in [0.15, 0.2) is 84.9 Å². The van der Waals surface area contributed by atoms with E-state index in [-0.39, 0.29) is 17.7 Å². The van der Waals surface area contributed by atoms with E-state index < -0.39 is 12.0 Å². The minimum atomic E-state index is -0.733. The van der Waals surface area contributed by atoms with Gasteiger partial charge in [0.2, 0.25) is 16.9 Å². The molecule has 0 aliphatic carbocycles. The zero-order chi connectivity index (χ0) is 24.8. The molecule has 0 fully saturated rings. The molecule has 0 aliphatic heterocycles. The van der Waals surface area contributed by atoms with E-state index in [0.29, 0.717) is 5.13 Å². The summed E-state index contributed by atoms with van der Waals surface area (Å²) in [5.41, 5.74) is 3.81. The zero-order valence-corrected chi connectivity index (χ0v) is 20.8. The Kier molecular flexibility index (Phi) is 7.67. The molecular weight excluding hydrogens is 456 g/mol. The first kappa shape index (κ1) is 24.3. The van der Waals surface area contributed by atoms with Crippen molar-refractivity contribution < 1.29 is 9.59 Å². The number of aryl methyl sites for hydroxylation is 1. The van der Waals surface area contributed by atoms with Crippen molar-refractivity contribution >= 4 is 28.3 Å². The summed E-state index contributed by atoms with van der Waals surface area (Å²) < 4.78 is 0. The number of rotatable bonds is 8. The fourth-order valence-corrected chi connectivity index (χ4v) is 4.65. The summed E-state index contributed by atoms with van der Waals surface area (Å²) in [5.74, 6) is -1.20. The van der Waals surface area contributed by atoms with E-state index in [4.69, 9.17) is 0 Å². The molecule has 3 aromatic carbocycles. The second-order valence-corrected chi connectivity index (χ2v) is 9.73. The monoisotopic (exact) mass is 484 g/mol. The normalized spacial score (nSPS) is 11.9. The Balaban J connectivity index is 1.52. The molecule has 1 unspecified atom stereocenters.